The number of hydrogen-bond acceptors (Lipinski definition) is 4. The van der Waals surface area contributed by atoms with Crippen LogP contribution in [0.4, 0.5) is 5.69 Å². The number of rotatable bonds is 5. The molecule has 0 aliphatic carbocycles. The van der Waals surface area contributed by atoms with Crippen LogP contribution >= 0.6 is 23.8 Å². The van der Waals surface area contributed by atoms with Gasteiger partial charge in [-0.15, -0.1) is 0 Å². The Morgan fingerprint density at radius 2 is 1.70 bits per heavy atom. The first kappa shape index (κ1) is 21.9. The van der Waals surface area contributed by atoms with Crippen molar-refractivity contribution in [1.29, 1.82) is 0 Å². The van der Waals surface area contributed by atoms with Crippen LogP contribution in [0.15, 0.2) is 72.8 Å². The molecule has 0 saturated heterocycles. The zero-order chi connectivity index (χ0) is 23.2. The molecule has 168 valence electrons. The minimum atomic E-state index is -0.214. The molecule has 0 atom stereocenters. The smallest absolute Gasteiger partial charge is 0.129 e. The molecule has 3 nitrogen and oxygen atoms in total. The van der Waals surface area contributed by atoms with Gasteiger partial charge >= 0.3 is 0 Å². The topological polar surface area (TPSA) is 17.4 Å². The summed E-state index contributed by atoms with van der Waals surface area (Å²) in [6.07, 6.45) is 0. The van der Waals surface area contributed by atoms with E-state index in [1.807, 2.05) is 13.0 Å². The minimum Gasteiger partial charge on any atom is -0.494 e. The van der Waals surface area contributed by atoms with Crippen molar-refractivity contribution in [3.8, 4) is 22.6 Å². The standard InChI is InChI=1S/C28H28N2OS2/c1-5-31-22-14-12-20(13-15-22)18-29-24-16-11-19(2)17-23(24)25-26(28(29,3)4)33-30(27(25)32)21-9-7-6-8-10-21/h6-17H,5,18H2,1-4H3. The first-order valence-corrected chi connectivity index (χ1v) is 12.5. The number of aromatic nitrogens is 1. The van der Waals surface area contributed by atoms with Gasteiger partial charge in [0.2, 0.25) is 0 Å². The predicted molar refractivity (Wildman–Crippen MR) is 141 cm³/mol. The third kappa shape index (κ3) is 3.79. The molecule has 0 radical (unpaired) electrons. The van der Waals surface area contributed by atoms with Crippen molar-refractivity contribution >= 4 is 29.4 Å². The van der Waals surface area contributed by atoms with E-state index in [1.165, 1.54) is 32.8 Å². The van der Waals surface area contributed by atoms with Crippen LogP contribution in [0.1, 0.15) is 36.8 Å². The van der Waals surface area contributed by atoms with Gasteiger partial charge in [-0.25, -0.2) is 0 Å². The van der Waals surface area contributed by atoms with E-state index in [-0.39, 0.29) is 5.54 Å². The summed E-state index contributed by atoms with van der Waals surface area (Å²) < 4.78 is 8.73. The fourth-order valence-corrected chi connectivity index (χ4v) is 6.31. The summed E-state index contributed by atoms with van der Waals surface area (Å²) in [4.78, 5) is 3.82. The molecule has 0 spiro atoms. The summed E-state index contributed by atoms with van der Waals surface area (Å²) in [5.74, 6) is 0.912. The van der Waals surface area contributed by atoms with Gasteiger partial charge in [-0.3, -0.25) is 3.96 Å². The fourth-order valence-electron chi connectivity index (χ4n) is 4.60. The monoisotopic (exact) mass is 472 g/mol. The molecular weight excluding hydrogens is 444 g/mol. The molecule has 0 unspecified atom stereocenters. The summed E-state index contributed by atoms with van der Waals surface area (Å²) in [5.41, 5.74) is 7.06. The lowest BCUT2D eigenvalue weighted by molar-refractivity contribution is 0.340. The number of hydrogen-bond donors (Lipinski definition) is 0. The lowest BCUT2D eigenvalue weighted by Crippen LogP contribution is -2.43. The van der Waals surface area contributed by atoms with Crippen molar-refractivity contribution < 1.29 is 4.74 Å². The van der Waals surface area contributed by atoms with Gasteiger partial charge in [-0.05, 0) is 69.7 Å². The van der Waals surface area contributed by atoms with Gasteiger partial charge in [0.05, 0.1) is 22.7 Å². The van der Waals surface area contributed by atoms with E-state index in [0.29, 0.717) is 6.61 Å². The summed E-state index contributed by atoms with van der Waals surface area (Å²) in [6.45, 7) is 10.3. The summed E-state index contributed by atoms with van der Waals surface area (Å²) >= 11 is 7.83. The quantitative estimate of drug-likeness (QED) is 0.275. The molecule has 33 heavy (non-hydrogen) atoms. The molecule has 2 heterocycles. The van der Waals surface area contributed by atoms with Crippen LogP contribution < -0.4 is 9.64 Å². The number of aryl methyl sites for hydroxylation is 1. The second-order valence-electron chi connectivity index (χ2n) is 8.97. The average molecular weight is 473 g/mol. The van der Waals surface area contributed by atoms with Crippen molar-refractivity contribution in [3.05, 3.63) is 93.4 Å². The highest BCUT2D eigenvalue weighted by Gasteiger charge is 2.40. The Hall–Kier alpha value is -2.89. The van der Waals surface area contributed by atoms with Crippen molar-refractivity contribution in [2.75, 3.05) is 11.5 Å². The zero-order valence-electron chi connectivity index (χ0n) is 19.5. The van der Waals surface area contributed by atoms with Crippen LogP contribution in [0.3, 0.4) is 0 Å². The van der Waals surface area contributed by atoms with E-state index in [9.17, 15) is 0 Å². The van der Waals surface area contributed by atoms with Crippen molar-refractivity contribution in [2.24, 2.45) is 0 Å². The van der Waals surface area contributed by atoms with Crippen molar-refractivity contribution in [3.63, 3.8) is 0 Å². The third-order valence-corrected chi connectivity index (χ3v) is 8.28. The van der Waals surface area contributed by atoms with E-state index in [2.05, 4.69) is 96.4 Å². The van der Waals surface area contributed by atoms with E-state index >= 15 is 0 Å². The van der Waals surface area contributed by atoms with Crippen LogP contribution in [-0.4, -0.2) is 10.6 Å². The van der Waals surface area contributed by atoms with Gasteiger partial charge < -0.3 is 9.64 Å². The molecule has 0 saturated carbocycles. The zero-order valence-corrected chi connectivity index (χ0v) is 21.1. The maximum atomic E-state index is 6.06. The second kappa shape index (κ2) is 8.47. The van der Waals surface area contributed by atoms with Crippen LogP contribution in [0.2, 0.25) is 0 Å². The Morgan fingerprint density at radius 1 is 0.970 bits per heavy atom. The molecule has 1 aromatic heterocycles. The highest BCUT2D eigenvalue weighted by atomic mass is 32.1. The first-order chi connectivity index (χ1) is 15.9. The number of para-hydroxylation sites is 1. The second-order valence-corrected chi connectivity index (χ2v) is 10.3. The largest absolute Gasteiger partial charge is 0.494 e. The highest BCUT2D eigenvalue weighted by Crippen LogP contribution is 2.51. The lowest BCUT2D eigenvalue weighted by Gasteiger charge is -2.44. The highest BCUT2D eigenvalue weighted by molar-refractivity contribution is 7.71. The Labute approximate surface area is 205 Å². The Balaban J connectivity index is 1.65. The van der Waals surface area contributed by atoms with Crippen molar-refractivity contribution in [2.45, 2.75) is 39.8 Å². The summed E-state index contributed by atoms with van der Waals surface area (Å²) in [5, 5.41) is 0. The van der Waals surface area contributed by atoms with Crippen molar-refractivity contribution in [1.82, 2.24) is 3.96 Å². The SMILES string of the molecule is CCOc1ccc(CN2c3ccc(C)cc3-c3c(sn(-c4ccccc4)c3=S)C2(C)C)cc1. The normalized spacial score (nSPS) is 14.0. The Bertz CT molecular complexity index is 1350. The Morgan fingerprint density at radius 3 is 2.39 bits per heavy atom. The number of nitrogens with zero attached hydrogens (tertiary/aromatic N) is 2. The third-order valence-electron chi connectivity index (χ3n) is 6.32. The fraction of sp³-hybridized carbons (Fsp3) is 0.250. The van der Waals surface area contributed by atoms with E-state index in [1.54, 1.807) is 11.5 Å². The average Bonchev–Trinajstić information content (AvgIpc) is 3.17. The van der Waals surface area contributed by atoms with Crippen LogP contribution in [0.25, 0.3) is 16.8 Å². The van der Waals surface area contributed by atoms with Gasteiger partial charge in [0, 0.05) is 23.4 Å². The molecular formula is C28H28N2OS2. The molecule has 0 amide bonds. The number of fused-ring (bicyclic) bond motifs is 3. The molecule has 1 aliphatic heterocycles. The van der Waals surface area contributed by atoms with E-state index in [4.69, 9.17) is 17.0 Å². The van der Waals surface area contributed by atoms with E-state index < -0.39 is 0 Å². The Kier molecular flexibility index (Phi) is 5.63. The van der Waals surface area contributed by atoms with E-state index in [0.717, 1.165) is 22.6 Å². The summed E-state index contributed by atoms with van der Waals surface area (Å²) in [7, 11) is 0. The molecule has 1 aliphatic rings. The first-order valence-electron chi connectivity index (χ1n) is 11.3. The van der Waals surface area contributed by atoms with Gasteiger partial charge in [-0.1, -0.05) is 65.7 Å². The number of benzene rings is 3. The van der Waals surface area contributed by atoms with Gasteiger partial charge in [0.15, 0.2) is 0 Å². The molecule has 0 fully saturated rings. The van der Waals surface area contributed by atoms with Gasteiger partial charge in [-0.2, -0.15) is 0 Å². The van der Waals surface area contributed by atoms with Gasteiger partial charge in [0.25, 0.3) is 0 Å². The maximum absolute atomic E-state index is 6.06. The van der Waals surface area contributed by atoms with Crippen LogP contribution in [0, 0.1) is 11.6 Å². The maximum Gasteiger partial charge on any atom is 0.129 e. The molecule has 0 N–H and O–H groups in total. The number of ether oxygens (including phenoxy) is 1. The molecule has 5 rings (SSSR count). The summed E-state index contributed by atoms with van der Waals surface area (Å²) in [6, 6.07) is 25.6. The van der Waals surface area contributed by atoms with Crippen LogP contribution in [-0.2, 0) is 12.1 Å². The lowest BCUT2D eigenvalue weighted by atomic mass is 9.86. The molecule has 3 aromatic carbocycles. The molecule has 0 bridgehead atoms. The molecule has 5 heteroatoms. The predicted octanol–water partition coefficient (Wildman–Crippen LogP) is 7.90. The van der Waals surface area contributed by atoms with Gasteiger partial charge in [0.1, 0.15) is 10.4 Å². The minimum absolute atomic E-state index is 0.214. The number of anilines is 1. The molecule has 4 aromatic rings. The van der Waals surface area contributed by atoms with Crippen LogP contribution in [0.5, 0.6) is 5.75 Å².